The molecule has 0 atom stereocenters. The summed E-state index contributed by atoms with van der Waals surface area (Å²) in [6, 6.07) is 7.96. The van der Waals surface area contributed by atoms with E-state index >= 15 is 0 Å². The maximum Gasteiger partial charge on any atom is 0.220 e. The maximum absolute atomic E-state index is 12.0. The first kappa shape index (κ1) is 21.4. The number of carbonyl (C=O) groups excluding carboxylic acids is 1. The van der Waals surface area contributed by atoms with Gasteiger partial charge in [-0.05, 0) is 56.0 Å². The average Bonchev–Trinajstić information content (AvgIpc) is 3.14. The molecule has 0 unspecified atom stereocenters. The normalized spacial score (nSPS) is 14.2. The second kappa shape index (κ2) is 11.1. The minimum atomic E-state index is 0. The molecule has 138 valence electrons. The van der Waals surface area contributed by atoms with Crippen molar-refractivity contribution in [3.63, 3.8) is 0 Å². The van der Waals surface area contributed by atoms with Crippen LogP contribution in [0, 0.1) is 5.92 Å². The second-order valence-electron chi connectivity index (χ2n) is 6.02. The molecule has 0 spiro atoms. The Morgan fingerprint density at radius 1 is 1.20 bits per heavy atom. The van der Waals surface area contributed by atoms with E-state index in [-0.39, 0.29) is 30.7 Å². The van der Waals surface area contributed by atoms with Crippen LogP contribution in [0.2, 0.25) is 0 Å². The Hall–Kier alpha value is -1.63. The SMILES string of the molecule is Cl.Cl.O=C(CCC1CCNCC1)NCc1ccc(-n2cncn2)cc1. The van der Waals surface area contributed by atoms with Crippen molar-refractivity contribution >= 4 is 30.7 Å². The van der Waals surface area contributed by atoms with Crippen molar-refractivity contribution in [2.75, 3.05) is 13.1 Å². The van der Waals surface area contributed by atoms with Crippen molar-refractivity contribution in [2.45, 2.75) is 32.2 Å². The molecule has 25 heavy (non-hydrogen) atoms. The summed E-state index contributed by atoms with van der Waals surface area (Å²) >= 11 is 0. The van der Waals surface area contributed by atoms with Crippen molar-refractivity contribution in [1.82, 2.24) is 25.4 Å². The Balaban J connectivity index is 0.00000156. The zero-order valence-corrected chi connectivity index (χ0v) is 15.7. The molecule has 8 heteroatoms. The van der Waals surface area contributed by atoms with E-state index in [9.17, 15) is 4.79 Å². The fourth-order valence-electron chi connectivity index (χ4n) is 2.90. The van der Waals surface area contributed by atoms with E-state index in [0.717, 1.165) is 30.8 Å². The van der Waals surface area contributed by atoms with Crippen molar-refractivity contribution in [3.8, 4) is 5.69 Å². The lowest BCUT2D eigenvalue weighted by Crippen LogP contribution is -2.29. The zero-order valence-electron chi connectivity index (χ0n) is 14.1. The fourth-order valence-corrected chi connectivity index (χ4v) is 2.90. The van der Waals surface area contributed by atoms with Crippen LogP contribution in [0.15, 0.2) is 36.9 Å². The maximum atomic E-state index is 12.0. The molecule has 0 radical (unpaired) electrons. The Morgan fingerprint density at radius 2 is 1.92 bits per heavy atom. The molecule has 3 rings (SSSR count). The summed E-state index contributed by atoms with van der Waals surface area (Å²) in [7, 11) is 0. The summed E-state index contributed by atoms with van der Waals surface area (Å²) in [5.41, 5.74) is 2.05. The molecular weight excluding hydrogens is 361 g/mol. The first-order chi connectivity index (χ1) is 11.3. The molecule has 2 aromatic rings. The molecule has 0 saturated carbocycles. The molecule has 1 fully saturated rings. The lowest BCUT2D eigenvalue weighted by molar-refractivity contribution is -0.121. The Morgan fingerprint density at radius 3 is 2.56 bits per heavy atom. The molecule has 1 aromatic heterocycles. The highest BCUT2D eigenvalue weighted by atomic mass is 35.5. The first-order valence-corrected chi connectivity index (χ1v) is 8.22. The molecule has 6 nitrogen and oxygen atoms in total. The fraction of sp³-hybridized carbons (Fsp3) is 0.471. The Kier molecular flexibility index (Phi) is 9.49. The number of amides is 1. The smallest absolute Gasteiger partial charge is 0.220 e. The largest absolute Gasteiger partial charge is 0.352 e. The lowest BCUT2D eigenvalue weighted by Gasteiger charge is -2.22. The number of hydrogen-bond acceptors (Lipinski definition) is 4. The van der Waals surface area contributed by atoms with Crippen LogP contribution in [0.4, 0.5) is 0 Å². The molecule has 2 N–H and O–H groups in total. The van der Waals surface area contributed by atoms with Gasteiger partial charge in [0.2, 0.25) is 5.91 Å². The number of nitrogens with zero attached hydrogens (tertiary/aromatic N) is 3. The van der Waals surface area contributed by atoms with Crippen LogP contribution in [0.25, 0.3) is 5.69 Å². The first-order valence-electron chi connectivity index (χ1n) is 8.22. The summed E-state index contributed by atoms with van der Waals surface area (Å²) in [5.74, 6) is 0.841. The van der Waals surface area contributed by atoms with Crippen LogP contribution in [0.5, 0.6) is 0 Å². The van der Waals surface area contributed by atoms with E-state index in [1.54, 1.807) is 11.0 Å². The van der Waals surface area contributed by atoms with Crippen LogP contribution < -0.4 is 10.6 Å². The molecule has 1 amide bonds. The number of aromatic nitrogens is 3. The van der Waals surface area contributed by atoms with Crippen LogP contribution in [0.1, 0.15) is 31.2 Å². The van der Waals surface area contributed by atoms with Gasteiger partial charge in [0.1, 0.15) is 12.7 Å². The van der Waals surface area contributed by atoms with E-state index < -0.39 is 0 Å². The van der Waals surface area contributed by atoms with Gasteiger partial charge in [0.25, 0.3) is 0 Å². The molecule has 1 aliphatic rings. The number of carbonyl (C=O) groups is 1. The highest BCUT2D eigenvalue weighted by molar-refractivity contribution is 5.85. The molecule has 0 bridgehead atoms. The van der Waals surface area contributed by atoms with Gasteiger partial charge in [-0.3, -0.25) is 4.79 Å². The van der Waals surface area contributed by atoms with E-state index in [0.29, 0.717) is 18.9 Å². The minimum absolute atomic E-state index is 0. The van der Waals surface area contributed by atoms with Crippen LogP contribution in [-0.4, -0.2) is 33.8 Å². The third-order valence-electron chi connectivity index (χ3n) is 4.35. The topological polar surface area (TPSA) is 71.8 Å². The van der Waals surface area contributed by atoms with Gasteiger partial charge >= 0.3 is 0 Å². The molecule has 1 aromatic carbocycles. The van der Waals surface area contributed by atoms with E-state index in [1.165, 1.54) is 19.2 Å². The second-order valence-corrected chi connectivity index (χ2v) is 6.02. The molecule has 2 heterocycles. The van der Waals surface area contributed by atoms with Crippen LogP contribution in [0.3, 0.4) is 0 Å². The van der Waals surface area contributed by atoms with E-state index in [1.807, 2.05) is 24.3 Å². The number of hydrogen-bond donors (Lipinski definition) is 2. The highest BCUT2D eigenvalue weighted by Crippen LogP contribution is 2.17. The van der Waals surface area contributed by atoms with Gasteiger partial charge in [0, 0.05) is 13.0 Å². The predicted molar refractivity (Wildman–Crippen MR) is 103 cm³/mol. The van der Waals surface area contributed by atoms with Gasteiger partial charge in [0.15, 0.2) is 0 Å². The Bertz CT molecular complexity index is 612. The van der Waals surface area contributed by atoms with Gasteiger partial charge in [-0.25, -0.2) is 9.67 Å². The number of rotatable bonds is 6. The molecule has 1 aliphatic heterocycles. The number of benzene rings is 1. The molecular formula is C17H25Cl2N5O. The quantitative estimate of drug-likeness (QED) is 0.800. The van der Waals surface area contributed by atoms with Crippen molar-refractivity contribution < 1.29 is 4.79 Å². The average molecular weight is 386 g/mol. The summed E-state index contributed by atoms with van der Waals surface area (Å²) in [5, 5.41) is 10.4. The van der Waals surface area contributed by atoms with E-state index in [4.69, 9.17) is 0 Å². The summed E-state index contributed by atoms with van der Waals surface area (Å²) in [6.45, 7) is 2.75. The van der Waals surface area contributed by atoms with Crippen LogP contribution in [-0.2, 0) is 11.3 Å². The standard InChI is InChI=1S/C17H23N5O.2ClH/c23-17(6-3-14-7-9-18-10-8-14)20-11-15-1-4-16(5-2-15)22-13-19-12-21-22;;/h1-2,4-5,12-14,18H,3,6-11H2,(H,20,23);2*1H. The van der Waals surface area contributed by atoms with Gasteiger partial charge in [-0.15, -0.1) is 24.8 Å². The van der Waals surface area contributed by atoms with Crippen molar-refractivity contribution in [1.29, 1.82) is 0 Å². The lowest BCUT2D eigenvalue weighted by atomic mass is 9.93. The van der Waals surface area contributed by atoms with Gasteiger partial charge in [0.05, 0.1) is 5.69 Å². The third-order valence-corrected chi connectivity index (χ3v) is 4.35. The predicted octanol–water partition coefficient (Wildman–Crippen LogP) is 2.51. The number of halogens is 2. The minimum Gasteiger partial charge on any atom is -0.352 e. The van der Waals surface area contributed by atoms with E-state index in [2.05, 4.69) is 20.7 Å². The van der Waals surface area contributed by atoms with Crippen molar-refractivity contribution in [2.24, 2.45) is 5.92 Å². The van der Waals surface area contributed by atoms with Crippen molar-refractivity contribution in [3.05, 3.63) is 42.5 Å². The van der Waals surface area contributed by atoms with Gasteiger partial charge < -0.3 is 10.6 Å². The number of nitrogens with one attached hydrogen (secondary N) is 2. The van der Waals surface area contributed by atoms with Gasteiger partial charge in [-0.2, -0.15) is 5.10 Å². The summed E-state index contributed by atoms with van der Waals surface area (Å²) < 4.78 is 1.71. The zero-order chi connectivity index (χ0) is 15.9. The monoisotopic (exact) mass is 385 g/mol. The van der Waals surface area contributed by atoms with Gasteiger partial charge in [-0.1, -0.05) is 12.1 Å². The summed E-state index contributed by atoms with van der Waals surface area (Å²) in [6.07, 6.45) is 7.18. The number of piperidine rings is 1. The molecule has 1 saturated heterocycles. The summed E-state index contributed by atoms with van der Waals surface area (Å²) in [4.78, 5) is 15.9. The Labute approximate surface area is 160 Å². The highest BCUT2D eigenvalue weighted by Gasteiger charge is 2.14. The third kappa shape index (κ3) is 6.65. The molecule has 0 aliphatic carbocycles. The van der Waals surface area contributed by atoms with Crippen LogP contribution >= 0.6 is 24.8 Å².